The molecule has 0 aliphatic heterocycles. The minimum Gasteiger partial charge on any atom is -0.310 e. The van der Waals surface area contributed by atoms with E-state index < -0.39 is 0 Å². The minimum atomic E-state index is 0.492. The van der Waals surface area contributed by atoms with Gasteiger partial charge < -0.3 is 5.32 Å². The Hall–Kier alpha value is -0.830. The molecule has 1 unspecified atom stereocenters. The van der Waals surface area contributed by atoms with E-state index in [2.05, 4.69) is 38.2 Å². The van der Waals surface area contributed by atoms with Gasteiger partial charge >= 0.3 is 0 Å². The third kappa shape index (κ3) is 3.63. The van der Waals surface area contributed by atoms with Crippen LogP contribution in [0.1, 0.15) is 74.9 Å². The third-order valence-electron chi connectivity index (χ3n) is 4.85. The van der Waals surface area contributed by atoms with Gasteiger partial charge in [0.2, 0.25) is 0 Å². The van der Waals surface area contributed by atoms with Crippen LogP contribution in [-0.4, -0.2) is 16.3 Å². The van der Waals surface area contributed by atoms with Crippen molar-refractivity contribution in [3.8, 4) is 0 Å². The first-order valence-electron chi connectivity index (χ1n) is 8.37. The smallest absolute Gasteiger partial charge is 0.0644 e. The zero-order chi connectivity index (χ0) is 14.5. The molecule has 1 N–H and O–H groups in total. The Labute approximate surface area is 124 Å². The van der Waals surface area contributed by atoms with Crippen LogP contribution >= 0.6 is 0 Å². The molecule has 1 saturated carbocycles. The Morgan fingerprint density at radius 3 is 2.50 bits per heavy atom. The van der Waals surface area contributed by atoms with E-state index in [1.165, 1.54) is 61.9 Å². The van der Waals surface area contributed by atoms with Crippen LogP contribution in [0.15, 0.2) is 0 Å². The van der Waals surface area contributed by atoms with Crippen LogP contribution in [0.25, 0.3) is 0 Å². The summed E-state index contributed by atoms with van der Waals surface area (Å²) in [6, 6.07) is 0.492. The lowest BCUT2D eigenvalue weighted by Gasteiger charge is -2.27. The van der Waals surface area contributed by atoms with Crippen molar-refractivity contribution in [1.29, 1.82) is 0 Å². The van der Waals surface area contributed by atoms with Gasteiger partial charge in [-0.2, -0.15) is 5.10 Å². The summed E-state index contributed by atoms with van der Waals surface area (Å²) in [6.07, 6.45) is 9.61. The van der Waals surface area contributed by atoms with Gasteiger partial charge in [0.25, 0.3) is 0 Å². The van der Waals surface area contributed by atoms with Crippen molar-refractivity contribution in [3.63, 3.8) is 0 Å². The van der Waals surface area contributed by atoms with Crippen LogP contribution < -0.4 is 5.32 Å². The van der Waals surface area contributed by atoms with E-state index >= 15 is 0 Å². The van der Waals surface area contributed by atoms with Crippen LogP contribution in [0.3, 0.4) is 0 Å². The van der Waals surface area contributed by atoms with E-state index in [0.717, 1.165) is 12.5 Å². The minimum absolute atomic E-state index is 0.492. The summed E-state index contributed by atoms with van der Waals surface area (Å²) >= 11 is 0. The summed E-state index contributed by atoms with van der Waals surface area (Å²) in [5, 5.41) is 8.38. The average molecular weight is 277 g/mol. The molecule has 114 valence electrons. The number of aryl methyl sites for hydroxylation is 2. The molecule has 0 spiro atoms. The molecule has 0 aromatic carbocycles. The van der Waals surface area contributed by atoms with Crippen LogP contribution in [0.5, 0.6) is 0 Å². The monoisotopic (exact) mass is 277 g/mol. The van der Waals surface area contributed by atoms with E-state index in [9.17, 15) is 0 Å². The number of nitrogens with zero attached hydrogens (tertiary/aromatic N) is 2. The zero-order valence-corrected chi connectivity index (χ0v) is 13.7. The highest BCUT2D eigenvalue weighted by molar-refractivity contribution is 5.28. The van der Waals surface area contributed by atoms with Crippen molar-refractivity contribution in [3.05, 3.63) is 17.0 Å². The summed E-state index contributed by atoms with van der Waals surface area (Å²) in [5.74, 6) is 0.900. The first-order chi connectivity index (χ1) is 9.63. The van der Waals surface area contributed by atoms with Gasteiger partial charge in [0.1, 0.15) is 0 Å². The topological polar surface area (TPSA) is 29.9 Å². The van der Waals surface area contributed by atoms with E-state index in [1.807, 2.05) is 4.68 Å². The molecule has 2 rings (SSSR count). The average Bonchev–Trinajstić information content (AvgIpc) is 2.70. The van der Waals surface area contributed by atoms with Crippen molar-refractivity contribution in [1.82, 2.24) is 15.1 Å². The molecule has 1 heterocycles. The number of hydrogen-bond acceptors (Lipinski definition) is 2. The van der Waals surface area contributed by atoms with Gasteiger partial charge in [0.05, 0.1) is 5.69 Å². The molecular weight excluding hydrogens is 246 g/mol. The maximum Gasteiger partial charge on any atom is 0.0644 e. The summed E-state index contributed by atoms with van der Waals surface area (Å²) in [4.78, 5) is 0. The van der Waals surface area contributed by atoms with E-state index in [-0.39, 0.29) is 0 Å². The largest absolute Gasteiger partial charge is 0.310 e. The van der Waals surface area contributed by atoms with Gasteiger partial charge in [-0.25, -0.2) is 0 Å². The van der Waals surface area contributed by atoms with Gasteiger partial charge in [-0.3, -0.25) is 4.68 Å². The van der Waals surface area contributed by atoms with Gasteiger partial charge in [-0.15, -0.1) is 0 Å². The van der Waals surface area contributed by atoms with Crippen molar-refractivity contribution in [2.75, 3.05) is 6.54 Å². The maximum absolute atomic E-state index is 4.61. The summed E-state index contributed by atoms with van der Waals surface area (Å²) in [6.45, 7) is 7.71. The quantitative estimate of drug-likeness (QED) is 0.850. The van der Waals surface area contributed by atoms with E-state index in [4.69, 9.17) is 0 Å². The Bertz CT molecular complexity index is 416. The second kappa shape index (κ2) is 7.26. The SMILES string of the molecule is CCCNC(CC1CCCCC1)c1c(C)nn(C)c1C. The normalized spacial score (nSPS) is 18.4. The molecule has 1 aliphatic rings. The van der Waals surface area contributed by atoms with Crippen molar-refractivity contribution in [2.45, 2.75) is 71.8 Å². The molecule has 1 fully saturated rings. The van der Waals surface area contributed by atoms with Crippen molar-refractivity contribution >= 4 is 0 Å². The molecule has 0 bridgehead atoms. The molecule has 3 nitrogen and oxygen atoms in total. The molecule has 20 heavy (non-hydrogen) atoms. The standard InChI is InChI=1S/C17H31N3/c1-5-11-18-16(12-15-9-7-6-8-10-15)17-13(2)19-20(4)14(17)3/h15-16,18H,5-12H2,1-4H3. The molecule has 0 saturated heterocycles. The summed E-state index contributed by atoms with van der Waals surface area (Å²) in [5.41, 5.74) is 3.98. The number of rotatable bonds is 6. The van der Waals surface area contributed by atoms with Crippen molar-refractivity contribution < 1.29 is 0 Å². The first kappa shape index (κ1) is 15.6. The van der Waals surface area contributed by atoms with Gasteiger partial charge in [0, 0.05) is 24.3 Å². The van der Waals surface area contributed by atoms with Crippen molar-refractivity contribution in [2.24, 2.45) is 13.0 Å². The molecule has 0 radical (unpaired) electrons. The zero-order valence-electron chi connectivity index (χ0n) is 13.7. The van der Waals surface area contributed by atoms with E-state index in [1.54, 1.807) is 0 Å². The predicted molar refractivity (Wildman–Crippen MR) is 84.9 cm³/mol. The highest BCUT2D eigenvalue weighted by atomic mass is 15.3. The Morgan fingerprint density at radius 2 is 1.95 bits per heavy atom. The highest BCUT2D eigenvalue weighted by Gasteiger charge is 2.24. The van der Waals surface area contributed by atoms with Crippen LogP contribution in [-0.2, 0) is 7.05 Å². The summed E-state index contributed by atoms with van der Waals surface area (Å²) in [7, 11) is 2.06. The fourth-order valence-corrected chi connectivity index (χ4v) is 3.67. The Kier molecular flexibility index (Phi) is 5.64. The molecule has 3 heteroatoms. The number of aromatic nitrogens is 2. The predicted octanol–water partition coefficient (Wildman–Crippen LogP) is 4.05. The van der Waals surface area contributed by atoms with Gasteiger partial charge in [0.15, 0.2) is 0 Å². The van der Waals surface area contributed by atoms with Gasteiger partial charge in [-0.05, 0) is 39.2 Å². The van der Waals surface area contributed by atoms with E-state index in [0.29, 0.717) is 6.04 Å². The molecule has 1 aromatic heterocycles. The van der Waals surface area contributed by atoms with Crippen LogP contribution in [0, 0.1) is 19.8 Å². The van der Waals surface area contributed by atoms with Crippen LogP contribution in [0.4, 0.5) is 0 Å². The highest BCUT2D eigenvalue weighted by Crippen LogP contribution is 2.33. The molecule has 1 atom stereocenters. The lowest BCUT2D eigenvalue weighted by Crippen LogP contribution is -2.26. The molecular formula is C17H31N3. The second-order valence-corrected chi connectivity index (χ2v) is 6.45. The number of nitrogens with one attached hydrogen (secondary N) is 1. The molecule has 1 aliphatic carbocycles. The lowest BCUT2D eigenvalue weighted by molar-refractivity contribution is 0.299. The fraction of sp³-hybridized carbons (Fsp3) is 0.824. The second-order valence-electron chi connectivity index (χ2n) is 6.45. The first-order valence-corrected chi connectivity index (χ1v) is 8.37. The van der Waals surface area contributed by atoms with Crippen LogP contribution in [0.2, 0.25) is 0 Å². The number of hydrogen-bond donors (Lipinski definition) is 1. The summed E-state index contributed by atoms with van der Waals surface area (Å²) < 4.78 is 2.03. The van der Waals surface area contributed by atoms with Gasteiger partial charge in [-0.1, -0.05) is 39.0 Å². The lowest BCUT2D eigenvalue weighted by atomic mass is 9.83. The fourth-order valence-electron chi connectivity index (χ4n) is 3.67. The maximum atomic E-state index is 4.61. The molecule has 0 amide bonds. The Balaban J connectivity index is 2.13. The third-order valence-corrected chi connectivity index (χ3v) is 4.85. The molecule has 1 aromatic rings. The Morgan fingerprint density at radius 1 is 1.25 bits per heavy atom.